The summed E-state index contributed by atoms with van der Waals surface area (Å²) in [5.41, 5.74) is 1.19. The first kappa shape index (κ1) is 17.8. The number of hydrogen-bond acceptors (Lipinski definition) is 3. The standard InChI is InChI=1S/C18H20BO3.Li/c1-19(21-17-11-5-6-12-18(17)22-19)13-7-8-14-20-15-16-9-3-2-4-10-16;/h2-7,9-13H,8,14-15H2,1H3;/q-1;+1/b13-7+;. The Labute approximate surface area is 149 Å². The molecule has 0 saturated carbocycles. The van der Waals surface area contributed by atoms with Crippen molar-refractivity contribution in [3.63, 3.8) is 0 Å². The molecular weight excluding hydrogens is 282 g/mol. The van der Waals surface area contributed by atoms with Gasteiger partial charge in [0.15, 0.2) is 0 Å². The third kappa shape index (κ3) is 4.94. The zero-order valence-electron chi connectivity index (χ0n) is 13.8. The first-order valence-corrected chi connectivity index (χ1v) is 7.70. The molecule has 0 atom stereocenters. The van der Waals surface area contributed by atoms with Crippen molar-refractivity contribution in [3.8, 4) is 11.5 Å². The average Bonchev–Trinajstić information content (AvgIpc) is 2.88. The molecule has 0 radical (unpaired) electrons. The van der Waals surface area contributed by atoms with Crippen molar-refractivity contribution in [2.75, 3.05) is 6.61 Å². The third-order valence-corrected chi connectivity index (χ3v) is 3.60. The van der Waals surface area contributed by atoms with E-state index in [1.54, 1.807) is 0 Å². The molecule has 0 amide bonds. The molecule has 1 heterocycles. The Morgan fingerprint density at radius 1 is 0.957 bits per heavy atom. The van der Waals surface area contributed by atoms with E-state index in [-0.39, 0.29) is 18.9 Å². The molecule has 3 nitrogen and oxygen atoms in total. The van der Waals surface area contributed by atoms with E-state index in [4.69, 9.17) is 14.0 Å². The van der Waals surface area contributed by atoms with Gasteiger partial charge >= 0.3 is 25.4 Å². The molecule has 0 bridgehead atoms. The number of para-hydroxylation sites is 2. The normalized spacial score (nSPS) is 14.7. The van der Waals surface area contributed by atoms with Crippen LogP contribution in [0.1, 0.15) is 12.0 Å². The zero-order chi connectivity index (χ0) is 15.3. The first-order chi connectivity index (χ1) is 10.8. The van der Waals surface area contributed by atoms with Crippen LogP contribution in [-0.4, -0.2) is 13.2 Å². The van der Waals surface area contributed by atoms with Crippen LogP contribution in [0.5, 0.6) is 11.5 Å². The molecule has 0 unspecified atom stereocenters. The van der Waals surface area contributed by atoms with Crippen LogP contribution in [0.15, 0.2) is 66.6 Å². The quantitative estimate of drug-likeness (QED) is 0.593. The van der Waals surface area contributed by atoms with Gasteiger partial charge in [-0.25, -0.2) is 0 Å². The number of fused-ring (bicyclic) bond motifs is 1. The van der Waals surface area contributed by atoms with E-state index in [9.17, 15) is 0 Å². The maximum atomic E-state index is 5.88. The van der Waals surface area contributed by atoms with Crippen molar-refractivity contribution >= 4 is 6.55 Å². The summed E-state index contributed by atoms with van der Waals surface area (Å²) in [5.74, 6) is 3.64. The number of rotatable bonds is 6. The van der Waals surface area contributed by atoms with E-state index in [0.29, 0.717) is 13.2 Å². The fourth-order valence-corrected chi connectivity index (χ4v) is 2.51. The predicted octanol–water partition coefficient (Wildman–Crippen LogP) is 1.24. The van der Waals surface area contributed by atoms with Crippen LogP contribution in [0.3, 0.4) is 0 Å². The van der Waals surface area contributed by atoms with Crippen molar-refractivity contribution in [3.05, 3.63) is 72.2 Å². The van der Waals surface area contributed by atoms with Crippen molar-refractivity contribution in [1.82, 2.24) is 0 Å². The fourth-order valence-electron chi connectivity index (χ4n) is 2.51. The monoisotopic (exact) mass is 302 g/mol. The largest absolute Gasteiger partial charge is 1.00 e. The Balaban J connectivity index is 0.00000192. The van der Waals surface area contributed by atoms with Crippen LogP contribution >= 0.6 is 0 Å². The van der Waals surface area contributed by atoms with Crippen molar-refractivity contribution in [1.29, 1.82) is 0 Å². The average molecular weight is 302 g/mol. The SMILES string of the molecule is C[B-]1(/C=C/CCOCc2ccccc2)Oc2ccccc2O1.[Li+]. The Kier molecular flexibility index (Phi) is 6.41. The molecule has 23 heavy (non-hydrogen) atoms. The minimum absolute atomic E-state index is 0. The van der Waals surface area contributed by atoms with Gasteiger partial charge in [0.2, 0.25) is 0 Å². The minimum Gasteiger partial charge on any atom is -0.677 e. The molecule has 0 aliphatic carbocycles. The van der Waals surface area contributed by atoms with Gasteiger partial charge in [0.25, 0.3) is 0 Å². The summed E-state index contributed by atoms with van der Waals surface area (Å²) in [4.78, 5) is 0. The molecule has 0 fully saturated rings. The van der Waals surface area contributed by atoms with E-state index < -0.39 is 6.55 Å². The smallest absolute Gasteiger partial charge is 0.677 e. The summed E-state index contributed by atoms with van der Waals surface area (Å²) in [6, 6.07) is 17.9. The first-order valence-electron chi connectivity index (χ1n) is 7.70. The summed E-state index contributed by atoms with van der Waals surface area (Å²) in [6.07, 6.45) is 2.91. The summed E-state index contributed by atoms with van der Waals surface area (Å²) in [7, 11) is 0. The Bertz CT molecular complexity index is 621. The van der Waals surface area contributed by atoms with Gasteiger partial charge in [-0.2, -0.15) is 5.98 Å². The van der Waals surface area contributed by atoms with Gasteiger partial charge in [-0.15, -0.1) is 12.9 Å². The second kappa shape index (κ2) is 8.31. The van der Waals surface area contributed by atoms with Crippen LogP contribution in [0.25, 0.3) is 0 Å². The zero-order valence-corrected chi connectivity index (χ0v) is 13.8. The van der Waals surface area contributed by atoms with Gasteiger partial charge in [0.05, 0.1) is 13.2 Å². The maximum Gasteiger partial charge on any atom is 1.00 e. The molecule has 5 heteroatoms. The van der Waals surface area contributed by atoms with Crippen LogP contribution in [0, 0.1) is 0 Å². The van der Waals surface area contributed by atoms with E-state index in [1.165, 1.54) is 5.56 Å². The van der Waals surface area contributed by atoms with Crippen LogP contribution in [0.2, 0.25) is 6.82 Å². The Morgan fingerprint density at radius 2 is 1.57 bits per heavy atom. The van der Waals surface area contributed by atoms with Gasteiger partial charge in [0, 0.05) is 0 Å². The van der Waals surface area contributed by atoms with E-state index >= 15 is 0 Å². The molecule has 114 valence electrons. The molecule has 1 aliphatic heterocycles. The third-order valence-electron chi connectivity index (χ3n) is 3.60. The molecule has 0 N–H and O–H groups in total. The molecule has 0 aromatic heterocycles. The van der Waals surface area contributed by atoms with E-state index in [0.717, 1.165) is 17.9 Å². The van der Waals surface area contributed by atoms with Gasteiger partial charge < -0.3 is 14.0 Å². The summed E-state index contributed by atoms with van der Waals surface area (Å²) < 4.78 is 17.4. The number of hydrogen-bond donors (Lipinski definition) is 0. The van der Waals surface area contributed by atoms with Crippen LogP contribution in [0.4, 0.5) is 0 Å². The maximum absolute atomic E-state index is 5.88. The van der Waals surface area contributed by atoms with Crippen molar-refractivity contribution in [2.45, 2.75) is 19.9 Å². The fraction of sp³-hybridized carbons (Fsp3) is 0.222. The Morgan fingerprint density at radius 3 is 2.22 bits per heavy atom. The minimum atomic E-state index is -1.41. The van der Waals surface area contributed by atoms with Crippen molar-refractivity contribution in [2.24, 2.45) is 0 Å². The molecule has 2 aromatic rings. The second-order valence-corrected chi connectivity index (χ2v) is 5.61. The van der Waals surface area contributed by atoms with Crippen LogP contribution in [-0.2, 0) is 11.3 Å². The van der Waals surface area contributed by atoms with E-state index in [2.05, 4.69) is 18.2 Å². The van der Waals surface area contributed by atoms with Gasteiger partial charge in [-0.3, -0.25) is 0 Å². The number of ether oxygens (including phenoxy) is 1. The summed E-state index contributed by atoms with van der Waals surface area (Å²) >= 11 is 0. The second-order valence-electron chi connectivity index (χ2n) is 5.61. The topological polar surface area (TPSA) is 27.7 Å². The molecule has 1 aliphatic rings. The van der Waals surface area contributed by atoms with E-state index in [1.807, 2.05) is 55.3 Å². The summed E-state index contributed by atoms with van der Waals surface area (Å²) in [6.45, 7) is 1.90. The molecular formula is C18H20BLiO3. The van der Waals surface area contributed by atoms with Crippen molar-refractivity contribution < 1.29 is 32.9 Å². The van der Waals surface area contributed by atoms with Gasteiger partial charge in [-0.1, -0.05) is 42.5 Å². The number of benzene rings is 2. The van der Waals surface area contributed by atoms with Gasteiger partial charge in [-0.05, 0) is 24.1 Å². The molecule has 0 saturated heterocycles. The van der Waals surface area contributed by atoms with Gasteiger partial charge in [0.1, 0.15) is 11.5 Å². The van der Waals surface area contributed by atoms with Crippen LogP contribution < -0.4 is 28.2 Å². The Hall–Kier alpha value is -1.60. The molecule has 2 aromatic carbocycles. The molecule has 0 spiro atoms. The molecule has 3 rings (SSSR count). The summed E-state index contributed by atoms with van der Waals surface area (Å²) in [5, 5.41) is 0. The predicted molar refractivity (Wildman–Crippen MR) is 89.2 cm³/mol.